The molecular formula is C21H18B2N2O2. The van der Waals surface area contributed by atoms with E-state index in [2.05, 4.69) is 43.0 Å². The lowest BCUT2D eigenvalue weighted by molar-refractivity contribution is -0.136. The number of aromatic amines is 1. The van der Waals surface area contributed by atoms with Gasteiger partial charge in [-0.15, -0.1) is 0 Å². The van der Waals surface area contributed by atoms with Crippen molar-refractivity contribution in [2.45, 2.75) is 12.6 Å². The molecule has 2 heterocycles. The summed E-state index contributed by atoms with van der Waals surface area (Å²) in [5.41, 5.74) is 6.93. The molecule has 27 heavy (non-hydrogen) atoms. The van der Waals surface area contributed by atoms with Crippen molar-refractivity contribution >= 4 is 37.5 Å². The van der Waals surface area contributed by atoms with Crippen molar-refractivity contribution in [3.8, 4) is 11.3 Å². The van der Waals surface area contributed by atoms with Gasteiger partial charge in [-0.3, -0.25) is 5.10 Å². The van der Waals surface area contributed by atoms with Crippen LogP contribution in [0.4, 0.5) is 0 Å². The molecule has 4 nitrogen and oxygen atoms in total. The fraction of sp³-hybridized carbons (Fsp3) is 0.143. The van der Waals surface area contributed by atoms with Gasteiger partial charge < -0.3 is 4.74 Å². The smallest absolute Gasteiger partial charge is 0.334 e. The summed E-state index contributed by atoms with van der Waals surface area (Å²) in [6, 6.07) is 16.3. The van der Waals surface area contributed by atoms with E-state index in [0.717, 1.165) is 28.6 Å². The Labute approximate surface area is 160 Å². The number of aromatic nitrogens is 2. The number of hydrogen-bond donors (Lipinski definition) is 1. The minimum absolute atomic E-state index is 0.328. The highest BCUT2D eigenvalue weighted by Gasteiger charge is 2.17. The summed E-state index contributed by atoms with van der Waals surface area (Å²) in [7, 11) is 5.81. The number of rotatable bonds is 5. The van der Waals surface area contributed by atoms with E-state index in [9.17, 15) is 4.79 Å². The number of carbonyl (C=O) groups is 1. The molecule has 0 amide bonds. The summed E-state index contributed by atoms with van der Waals surface area (Å²) in [6.45, 7) is 0. The molecule has 0 aliphatic carbocycles. The van der Waals surface area contributed by atoms with E-state index in [1.54, 1.807) is 6.20 Å². The highest BCUT2D eigenvalue weighted by molar-refractivity contribution is 6.82. The van der Waals surface area contributed by atoms with Crippen molar-refractivity contribution < 1.29 is 9.53 Å². The highest BCUT2D eigenvalue weighted by atomic mass is 16.5. The van der Waals surface area contributed by atoms with Gasteiger partial charge in [0.2, 0.25) is 0 Å². The van der Waals surface area contributed by atoms with Crippen LogP contribution < -0.4 is 10.9 Å². The van der Waals surface area contributed by atoms with E-state index >= 15 is 0 Å². The molecule has 0 saturated carbocycles. The zero-order valence-corrected chi connectivity index (χ0v) is 15.1. The summed E-state index contributed by atoms with van der Waals surface area (Å²) in [6.07, 6.45) is 5.07. The first-order chi connectivity index (χ1) is 13.2. The second-order valence-corrected chi connectivity index (χ2v) is 6.51. The largest absolute Gasteiger partial charge is 0.466 e. The second kappa shape index (κ2) is 7.70. The number of nitrogens with one attached hydrogen (secondary N) is 1. The second-order valence-electron chi connectivity index (χ2n) is 6.51. The molecule has 0 bridgehead atoms. The zero-order chi connectivity index (χ0) is 18.6. The minimum atomic E-state index is -0.328. The summed E-state index contributed by atoms with van der Waals surface area (Å²) >= 11 is 0. The van der Waals surface area contributed by atoms with Crippen molar-refractivity contribution in [2.24, 2.45) is 0 Å². The van der Waals surface area contributed by atoms with Crippen molar-refractivity contribution in [1.29, 1.82) is 0 Å². The SMILES string of the molecule is COC(=O)/C(=C\c1cn[nH]c1-c1ccccc1)Cc1ccc2c(c1)[B]C[B]2. The molecule has 130 valence electrons. The number of hydrogen-bond acceptors (Lipinski definition) is 3. The zero-order valence-electron chi connectivity index (χ0n) is 15.1. The third kappa shape index (κ3) is 3.75. The summed E-state index contributed by atoms with van der Waals surface area (Å²) in [4.78, 5) is 12.4. The predicted octanol–water partition coefficient (Wildman–Crippen LogP) is 1.92. The number of methoxy groups -OCH3 is 1. The number of H-pyrrole nitrogens is 1. The summed E-state index contributed by atoms with van der Waals surface area (Å²) < 4.78 is 5.02. The van der Waals surface area contributed by atoms with Crippen LogP contribution in [0.15, 0.2) is 60.3 Å². The quantitative estimate of drug-likeness (QED) is 0.434. The van der Waals surface area contributed by atoms with E-state index in [-0.39, 0.29) is 5.97 Å². The van der Waals surface area contributed by atoms with Gasteiger partial charge in [0.25, 0.3) is 0 Å². The Bertz CT molecular complexity index is 996. The minimum Gasteiger partial charge on any atom is -0.466 e. The van der Waals surface area contributed by atoms with Crippen LogP contribution in [0.5, 0.6) is 0 Å². The van der Waals surface area contributed by atoms with E-state index in [4.69, 9.17) is 4.74 Å². The topological polar surface area (TPSA) is 55.0 Å². The van der Waals surface area contributed by atoms with Gasteiger partial charge in [-0.2, -0.15) is 5.10 Å². The fourth-order valence-electron chi connectivity index (χ4n) is 3.37. The molecule has 0 fully saturated rings. The number of ether oxygens (including phenoxy) is 1. The van der Waals surface area contributed by atoms with Crippen LogP contribution in [0.1, 0.15) is 11.1 Å². The number of carbonyl (C=O) groups excluding carboxylic acids is 1. The molecule has 6 heteroatoms. The first kappa shape index (κ1) is 17.4. The van der Waals surface area contributed by atoms with Crippen molar-refractivity contribution in [3.63, 3.8) is 0 Å². The van der Waals surface area contributed by atoms with E-state index in [1.807, 2.05) is 36.4 Å². The third-order valence-electron chi connectivity index (χ3n) is 4.73. The van der Waals surface area contributed by atoms with Crippen molar-refractivity contribution in [3.05, 3.63) is 71.4 Å². The van der Waals surface area contributed by atoms with E-state index < -0.39 is 0 Å². The molecule has 0 spiro atoms. The normalized spacial score (nSPS) is 12.9. The van der Waals surface area contributed by atoms with Gasteiger partial charge >= 0.3 is 5.97 Å². The lowest BCUT2D eigenvalue weighted by atomic mass is 9.63. The van der Waals surface area contributed by atoms with E-state index in [0.29, 0.717) is 12.0 Å². The van der Waals surface area contributed by atoms with Crippen LogP contribution in [0, 0.1) is 0 Å². The lowest BCUT2D eigenvalue weighted by Gasteiger charge is -2.09. The van der Waals surface area contributed by atoms with Gasteiger partial charge in [-0.1, -0.05) is 65.7 Å². The summed E-state index contributed by atoms with van der Waals surface area (Å²) in [5.74, 6) is -0.328. The number of benzene rings is 2. The van der Waals surface area contributed by atoms with Crippen LogP contribution in [0.3, 0.4) is 0 Å². The average Bonchev–Trinajstić information content (AvgIpc) is 3.36. The van der Waals surface area contributed by atoms with Crippen LogP contribution >= 0.6 is 0 Å². The molecule has 1 aromatic heterocycles. The van der Waals surface area contributed by atoms with Crippen LogP contribution in [-0.4, -0.2) is 37.8 Å². The van der Waals surface area contributed by atoms with Gasteiger partial charge in [0.1, 0.15) is 14.6 Å². The van der Waals surface area contributed by atoms with Gasteiger partial charge in [0.05, 0.1) is 19.0 Å². The molecule has 0 saturated heterocycles. The molecule has 1 aliphatic heterocycles. The molecule has 4 rings (SSSR count). The lowest BCUT2D eigenvalue weighted by Crippen LogP contribution is -2.25. The maximum absolute atomic E-state index is 12.4. The fourth-order valence-corrected chi connectivity index (χ4v) is 3.37. The monoisotopic (exact) mass is 352 g/mol. The van der Waals surface area contributed by atoms with Crippen molar-refractivity contribution in [2.75, 3.05) is 7.11 Å². The maximum atomic E-state index is 12.4. The first-order valence-electron chi connectivity index (χ1n) is 8.91. The average molecular weight is 352 g/mol. The van der Waals surface area contributed by atoms with Crippen molar-refractivity contribution in [1.82, 2.24) is 10.2 Å². The standard InChI is InChI=1S/C21H18B2N2O2/c1-27-21(26)16(9-14-7-8-18-19(10-14)23-13-22-18)11-17-12-24-25-20(17)15-5-3-2-4-6-15/h2-8,10-12H,9,13H2,1H3,(H,24,25)/b16-11-. The number of fused-ring (bicyclic) bond motifs is 1. The molecule has 3 aromatic rings. The molecular weight excluding hydrogens is 334 g/mol. The first-order valence-corrected chi connectivity index (χ1v) is 8.91. The summed E-state index contributed by atoms with van der Waals surface area (Å²) in [5, 5.41) is 7.19. The van der Waals surface area contributed by atoms with Crippen LogP contribution in [0.2, 0.25) is 6.22 Å². The Balaban J connectivity index is 1.67. The van der Waals surface area contributed by atoms with Crippen LogP contribution in [-0.2, 0) is 16.0 Å². The number of nitrogens with zero attached hydrogens (tertiary/aromatic N) is 1. The maximum Gasteiger partial charge on any atom is 0.334 e. The van der Waals surface area contributed by atoms with Gasteiger partial charge in [-0.25, -0.2) is 4.79 Å². The molecule has 0 unspecified atom stereocenters. The van der Waals surface area contributed by atoms with E-state index in [1.165, 1.54) is 18.0 Å². The molecule has 1 N–H and O–H groups in total. The Kier molecular flexibility index (Phi) is 4.97. The Morgan fingerprint density at radius 3 is 2.81 bits per heavy atom. The predicted molar refractivity (Wildman–Crippen MR) is 110 cm³/mol. The molecule has 2 aromatic carbocycles. The Morgan fingerprint density at radius 1 is 1.19 bits per heavy atom. The Hall–Kier alpha value is -3.01. The molecule has 0 atom stereocenters. The molecule has 1 aliphatic rings. The third-order valence-corrected chi connectivity index (χ3v) is 4.73. The van der Waals surface area contributed by atoms with Crippen LogP contribution in [0.25, 0.3) is 17.3 Å². The number of esters is 1. The van der Waals surface area contributed by atoms with Gasteiger partial charge in [-0.05, 0) is 11.6 Å². The van der Waals surface area contributed by atoms with Gasteiger partial charge in [0.15, 0.2) is 0 Å². The molecule has 2 radical (unpaired) electrons. The highest BCUT2D eigenvalue weighted by Crippen LogP contribution is 2.24. The van der Waals surface area contributed by atoms with Gasteiger partial charge in [0, 0.05) is 23.1 Å². The Morgan fingerprint density at radius 2 is 2.00 bits per heavy atom.